The summed E-state index contributed by atoms with van der Waals surface area (Å²) in [6, 6.07) is 11.6. The third-order valence-electron chi connectivity index (χ3n) is 4.41. The molecule has 7 heteroatoms. The van der Waals surface area contributed by atoms with Gasteiger partial charge < -0.3 is 10.4 Å². The number of aryl methyl sites for hydroxylation is 2. The lowest BCUT2D eigenvalue weighted by Gasteiger charge is -2.18. The van der Waals surface area contributed by atoms with E-state index in [1.54, 1.807) is 42.6 Å². The van der Waals surface area contributed by atoms with E-state index in [0.29, 0.717) is 16.8 Å². The third kappa shape index (κ3) is 4.26. The largest absolute Gasteiger partial charge is 0.481 e. The highest BCUT2D eigenvalue weighted by molar-refractivity contribution is 7.12. The number of halogens is 1. The molecule has 0 fully saturated rings. The maximum atomic E-state index is 14.3. The van der Waals surface area contributed by atoms with Gasteiger partial charge in [-0.05, 0) is 36.6 Å². The summed E-state index contributed by atoms with van der Waals surface area (Å²) in [5, 5.41) is 13.7. The zero-order valence-electron chi connectivity index (χ0n) is 15.4. The van der Waals surface area contributed by atoms with Gasteiger partial charge in [-0.1, -0.05) is 36.4 Å². The number of hydrogen-bond donors (Lipinski definition) is 2. The van der Waals surface area contributed by atoms with Crippen LogP contribution in [0.15, 0.2) is 47.8 Å². The number of nitrogens with one attached hydrogen (secondary N) is 1. The van der Waals surface area contributed by atoms with Crippen LogP contribution in [0.2, 0.25) is 0 Å². The number of thiazole rings is 1. The van der Waals surface area contributed by atoms with Crippen LogP contribution in [0, 0.1) is 19.7 Å². The monoisotopic (exact) mass is 398 g/mol. The first-order valence-electron chi connectivity index (χ1n) is 8.66. The predicted molar refractivity (Wildman–Crippen MR) is 106 cm³/mol. The molecule has 3 aromatic rings. The first kappa shape index (κ1) is 19.7. The fraction of sp³-hybridized carbons (Fsp3) is 0.190. The number of carboxylic acid groups (broad SMARTS) is 1. The van der Waals surface area contributed by atoms with Crippen molar-refractivity contribution in [3.05, 3.63) is 75.4 Å². The summed E-state index contributed by atoms with van der Waals surface area (Å²) in [4.78, 5) is 28.2. The number of hydrogen-bond acceptors (Lipinski definition) is 4. The molecule has 0 bridgehead atoms. The summed E-state index contributed by atoms with van der Waals surface area (Å²) in [6.07, 6.45) is -0.249. The summed E-state index contributed by atoms with van der Waals surface area (Å²) in [5.41, 5.74) is 2.83. The number of amides is 1. The normalized spacial score (nSPS) is 11.8. The molecular weight excluding hydrogens is 379 g/mol. The summed E-state index contributed by atoms with van der Waals surface area (Å²) in [5.74, 6) is -1.88. The first-order chi connectivity index (χ1) is 13.4. The van der Waals surface area contributed by atoms with E-state index in [4.69, 9.17) is 0 Å². The minimum atomic E-state index is -1.02. The molecule has 0 aliphatic rings. The fourth-order valence-electron chi connectivity index (χ4n) is 2.96. The lowest BCUT2D eigenvalue weighted by molar-refractivity contribution is -0.137. The Bertz CT molecular complexity index is 1030. The van der Waals surface area contributed by atoms with Gasteiger partial charge in [-0.3, -0.25) is 9.59 Å². The van der Waals surface area contributed by atoms with Crippen molar-refractivity contribution in [2.45, 2.75) is 26.3 Å². The summed E-state index contributed by atoms with van der Waals surface area (Å²) in [6.45, 7) is 3.52. The lowest BCUT2D eigenvalue weighted by atomic mass is 9.99. The van der Waals surface area contributed by atoms with Gasteiger partial charge in [0.2, 0.25) is 0 Å². The first-order valence-corrected chi connectivity index (χ1v) is 9.54. The molecule has 1 aromatic heterocycles. The summed E-state index contributed by atoms with van der Waals surface area (Å²) < 4.78 is 14.3. The van der Waals surface area contributed by atoms with E-state index >= 15 is 0 Å². The van der Waals surface area contributed by atoms with Gasteiger partial charge in [0, 0.05) is 10.9 Å². The zero-order chi connectivity index (χ0) is 20.3. The Kier molecular flexibility index (Phi) is 5.84. The van der Waals surface area contributed by atoms with Crippen LogP contribution in [-0.4, -0.2) is 22.0 Å². The van der Waals surface area contributed by atoms with Crippen molar-refractivity contribution in [3.63, 3.8) is 0 Å². The molecule has 2 N–H and O–H groups in total. The van der Waals surface area contributed by atoms with Crippen molar-refractivity contribution >= 4 is 23.2 Å². The highest BCUT2D eigenvalue weighted by atomic mass is 32.1. The summed E-state index contributed by atoms with van der Waals surface area (Å²) >= 11 is 1.09. The Morgan fingerprint density at radius 3 is 2.57 bits per heavy atom. The Labute approximate surface area is 165 Å². The minimum Gasteiger partial charge on any atom is -0.481 e. The van der Waals surface area contributed by atoms with E-state index in [1.165, 1.54) is 0 Å². The predicted octanol–water partition coefficient (Wildman–Crippen LogP) is 4.51. The molecule has 0 unspecified atom stereocenters. The smallest absolute Gasteiger partial charge is 0.305 e. The number of aromatic nitrogens is 1. The Balaban J connectivity index is 1.85. The Morgan fingerprint density at radius 2 is 1.86 bits per heavy atom. The molecule has 1 heterocycles. The zero-order valence-corrected chi connectivity index (χ0v) is 16.2. The molecule has 0 spiro atoms. The molecule has 1 atom stereocenters. The van der Waals surface area contributed by atoms with Gasteiger partial charge in [0.25, 0.3) is 5.91 Å². The van der Waals surface area contributed by atoms with Gasteiger partial charge in [-0.15, -0.1) is 11.3 Å². The molecule has 1 amide bonds. The molecule has 0 aliphatic carbocycles. The number of benzene rings is 2. The molecule has 0 radical (unpaired) electrons. The van der Waals surface area contributed by atoms with Crippen LogP contribution in [-0.2, 0) is 4.79 Å². The van der Waals surface area contributed by atoms with E-state index in [1.807, 2.05) is 19.1 Å². The number of rotatable bonds is 6. The van der Waals surface area contributed by atoms with Crippen molar-refractivity contribution < 1.29 is 19.1 Å². The van der Waals surface area contributed by atoms with E-state index in [-0.39, 0.29) is 17.2 Å². The number of nitrogens with zero attached hydrogens (tertiary/aromatic N) is 1. The maximum absolute atomic E-state index is 14.3. The van der Waals surface area contributed by atoms with Crippen molar-refractivity contribution in [1.82, 2.24) is 10.3 Å². The van der Waals surface area contributed by atoms with E-state index in [9.17, 15) is 19.1 Å². The average Bonchev–Trinajstić information content (AvgIpc) is 3.13. The highest BCUT2D eigenvalue weighted by Gasteiger charge is 2.22. The van der Waals surface area contributed by atoms with Gasteiger partial charge in [0.15, 0.2) is 5.01 Å². The van der Waals surface area contributed by atoms with Crippen LogP contribution in [0.1, 0.15) is 39.0 Å². The second kappa shape index (κ2) is 8.31. The van der Waals surface area contributed by atoms with Crippen molar-refractivity contribution in [1.29, 1.82) is 0 Å². The van der Waals surface area contributed by atoms with Crippen LogP contribution >= 0.6 is 11.3 Å². The van der Waals surface area contributed by atoms with Gasteiger partial charge in [-0.2, -0.15) is 0 Å². The molecule has 2 aromatic carbocycles. The molecule has 144 valence electrons. The quantitative estimate of drug-likeness (QED) is 0.640. The second-order valence-corrected chi connectivity index (χ2v) is 7.31. The van der Waals surface area contributed by atoms with Gasteiger partial charge in [0.05, 0.1) is 18.2 Å². The maximum Gasteiger partial charge on any atom is 0.305 e. The molecule has 0 saturated carbocycles. The average molecular weight is 398 g/mol. The molecule has 5 nitrogen and oxygen atoms in total. The summed E-state index contributed by atoms with van der Waals surface area (Å²) in [7, 11) is 0. The van der Waals surface area contributed by atoms with Crippen LogP contribution in [0.25, 0.3) is 11.3 Å². The van der Waals surface area contributed by atoms with Crippen LogP contribution in [0.3, 0.4) is 0 Å². The Hall–Kier alpha value is -3.06. The minimum absolute atomic E-state index is 0.153. The fourth-order valence-corrected chi connectivity index (χ4v) is 3.68. The van der Waals surface area contributed by atoms with Gasteiger partial charge in [0.1, 0.15) is 5.82 Å². The standard InChI is InChI=1S/C21H19FN2O3S/c1-12-6-3-4-8-14(12)16(10-18(25)26)23-20(27)21-24-17(11-28-21)15-9-5-7-13(2)19(15)22/h3-9,11,16H,10H2,1-2H3,(H,23,27)(H,25,26)/t16-/m0/s1. The molecule has 0 saturated heterocycles. The van der Waals surface area contributed by atoms with Gasteiger partial charge in [-0.25, -0.2) is 9.37 Å². The van der Waals surface area contributed by atoms with Crippen molar-refractivity contribution in [2.24, 2.45) is 0 Å². The van der Waals surface area contributed by atoms with Crippen LogP contribution in [0.5, 0.6) is 0 Å². The molecule has 28 heavy (non-hydrogen) atoms. The van der Waals surface area contributed by atoms with E-state index < -0.39 is 17.9 Å². The topological polar surface area (TPSA) is 79.3 Å². The highest BCUT2D eigenvalue weighted by Crippen LogP contribution is 2.27. The van der Waals surface area contributed by atoms with Crippen molar-refractivity contribution in [3.8, 4) is 11.3 Å². The SMILES string of the molecule is Cc1ccccc1[C@H](CC(=O)O)NC(=O)c1nc(-c2cccc(C)c2F)cs1. The third-order valence-corrected chi connectivity index (χ3v) is 5.26. The number of carboxylic acids is 1. The van der Waals surface area contributed by atoms with E-state index in [2.05, 4.69) is 10.3 Å². The number of carbonyl (C=O) groups excluding carboxylic acids is 1. The molecule has 0 aliphatic heterocycles. The molecule has 3 rings (SSSR count). The molecular formula is C21H19FN2O3S. The van der Waals surface area contributed by atoms with Crippen LogP contribution < -0.4 is 5.32 Å². The number of carbonyl (C=O) groups is 2. The van der Waals surface area contributed by atoms with E-state index in [0.717, 1.165) is 22.5 Å². The number of aliphatic carboxylic acids is 1. The van der Waals surface area contributed by atoms with Crippen LogP contribution in [0.4, 0.5) is 4.39 Å². The van der Waals surface area contributed by atoms with Crippen molar-refractivity contribution in [2.75, 3.05) is 0 Å². The second-order valence-electron chi connectivity index (χ2n) is 6.45. The Morgan fingerprint density at radius 1 is 1.14 bits per heavy atom. The lowest BCUT2D eigenvalue weighted by Crippen LogP contribution is -2.30. The van der Waals surface area contributed by atoms with Gasteiger partial charge >= 0.3 is 5.97 Å².